The highest BCUT2D eigenvalue weighted by molar-refractivity contribution is 7.18. The number of nitrogens with one attached hydrogen (secondary N) is 1. The summed E-state index contributed by atoms with van der Waals surface area (Å²) in [5, 5.41) is 13.4. The second-order valence-corrected chi connectivity index (χ2v) is 7.52. The lowest BCUT2D eigenvalue weighted by Crippen LogP contribution is -2.43. The first-order valence-electron chi connectivity index (χ1n) is 8.14. The molecule has 1 aliphatic heterocycles. The minimum atomic E-state index is -0.0869. The molecule has 2 aromatic rings. The zero-order valence-corrected chi connectivity index (χ0v) is 14.4. The van der Waals surface area contributed by atoms with E-state index in [0.29, 0.717) is 12.5 Å². The number of carbonyl (C=O) groups excluding carboxylic acids is 1. The van der Waals surface area contributed by atoms with Crippen molar-refractivity contribution in [2.45, 2.75) is 32.6 Å². The van der Waals surface area contributed by atoms with Crippen molar-refractivity contribution in [2.24, 2.45) is 5.92 Å². The summed E-state index contributed by atoms with van der Waals surface area (Å²) >= 11 is 1.68. The highest BCUT2D eigenvalue weighted by Crippen LogP contribution is 2.29. The number of rotatable bonds is 3. The second-order valence-electron chi connectivity index (χ2n) is 6.46. The molecule has 2 N–H and O–H groups in total. The van der Waals surface area contributed by atoms with Gasteiger partial charge in [-0.3, -0.25) is 0 Å². The lowest BCUT2D eigenvalue weighted by Gasteiger charge is -2.31. The summed E-state index contributed by atoms with van der Waals surface area (Å²) in [6.45, 7) is 5.79. The first-order chi connectivity index (χ1) is 11.1. The summed E-state index contributed by atoms with van der Waals surface area (Å²) in [5.41, 5.74) is 1.78. The lowest BCUT2D eigenvalue weighted by molar-refractivity contribution is 0.136. The molecule has 0 aliphatic carbocycles. The van der Waals surface area contributed by atoms with Crippen LogP contribution in [0.2, 0.25) is 0 Å². The van der Waals surface area contributed by atoms with E-state index in [4.69, 9.17) is 0 Å². The van der Waals surface area contributed by atoms with E-state index in [-0.39, 0.29) is 18.6 Å². The van der Waals surface area contributed by atoms with Crippen molar-refractivity contribution in [3.8, 4) is 0 Å². The van der Waals surface area contributed by atoms with E-state index in [0.717, 1.165) is 40.3 Å². The molecule has 2 amide bonds. The van der Waals surface area contributed by atoms with Gasteiger partial charge in [0, 0.05) is 31.3 Å². The zero-order chi connectivity index (χ0) is 16.4. The maximum Gasteiger partial charge on any atom is 0.321 e. The molecule has 1 unspecified atom stereocenters. The molecule has 1 aliphatic rings. The number of hydrogen-bond donors (Lipinski definition) is 2. The topological polar surface area (TPSA) is 65.5 Å². The maximum atomic E-state index is 12.4. The molecule has 1 saturated heterocycles. The van der Waals surface area contributed by atoms with E-state index in [1.54, 1.807) is 16.2 Å². The van der Waals surface area contributed by atoms with Gasteiger partial charge in [-0.15, -0.1) is 11.3 Å². The molecule has 6 heteroatoms. The van der Waals surface area contributed by atoms with Gasteiger partial charge in [-0.2, -0.15) is 0 Å². The van der Waals surface area contributed by atoms with Crippen molar-refractivity contribution in [1.82, 2.24) is 9.88 Å². The van der Waals surface area contributed by atoms with Crippen molar-refractivity contribution in [3.63, 3.8) is 0 Å². The molecule has 0 radical (unpaired) electrons. The van der Waals surface area contributed by atoms with Gasteiger partial charge >= 0.3 is 6.03 Å². The van der Waals surface area contributed by atoms with Gasteiger partial charge in [-0.05, 0) is 37.0 Å². The number of thiazole rings is 1. The van der Waals surface area contributed by atoms with Gasteiger partial charge in [0.05, 0.1) is 15.2 Å². The standard InChI is InChI=1S/C17H23N3O2S/c1-11(2)16-19-14-6-5-13(8-15(14)23-16)18-17(22)20-7-3-4-12(9-20)10-21/h5-6,8,11-12,21H,3-4,7,9-10H2,1-2H3,(H,18,22). The van der Waals surface area contributed by atoms with Crippen LogP contribution in [0.3, 0.4) is 0 Å². The maximum absolute atomic E-state index is 12.4. The number of anilines is 1. The van der Waals surface area contributed by atoms with Crippen LogP contribution in [0.1, 0.15) is 37.6 Å². The molecule has 5 nitrogen and oxygen atoms in total. The highest BCUT2D eigenvalue weighted by atomic mass is 32.1. The highest BCUT2D eigenvalue weighted by Gasteiger charge is 2.23. The molecular weight excluding hydrogens is 310 g/mol. The Hall–Kier alpha value is -1.66. The van der Waals surface area contributed by atoms with Gasteiger partial charge in [0.1, 0.15) is 0 Å². The van der Waals surface area contributed by atoms with Crippen LogP contribution in [0, 0.1) is 5.92 Å². The van der Waals surface area contributed by atoms with Gasteiger partial charge in [0.25, 0.3) is 0 Å². The van der Waals surface area contributed by atoms with Crippen LogP contribution in [-0.2, 0) is 0 Å². The van der Waals surface area contributed by atoms with Crippen LogP contribution in [0.4, 0.5) is 10.5 Å². The number of benzene rings is 1. The van der Waals surface area contributed by atoms with Crippen molar-refractivity contribution >= 4 is 33.3 Å². The molecule has 1 aromatic heterocycles. The fraction of sp³-hybridized carbons (Fsp3) is 0.529. The van der Waals surface area contributed by atoms with Crippen molar-refractivity contribution in [3.05, 3.63) is 23.2 Å². The molecule has 0 saturated carbocycles. The summed E-state index contributed by atoms with van der Waals surface area (Å²) in [6, 6.07) is 5.76. The SMILES string of the molecule is CC(C)c1nc2ccc(NC(=O)N3CCCC(CO)C3)cc2s1. The fourth-order valence-electron chi connectivity index (χ4n) is 2.87. The quantitative estimate of drug-likeness (QED) is 0.901. The number of nitrogens with zero attached hydrogens (tertiary/aromatic N) is 2. The van der Waals surface area contributed by atoms with E-state index in [1.165, 1.54) is 0 Å². The van der Waals surface area contributed by atoms with E-state index in [1.807, 2.05) is 18.2 Å². The normalized spacial score (nSPS) is 18.6. The Morgan fingerprint density at radius 2 is 2.35 bits per heavy atom. The van der Waals surface area contributed by atoms with Crippen LogP contribution in [0.15, 0.2) is 18.2 Å². The molecule has 1 fully saturated rings. The van der Waals surface area contributed by atoms with Gasteiger partial charge < -0.3 is 15.3 Å². The first-order valence-corrected chi connectivity index (χ1v) is 8.95. The van der Waals surface area contributed by atoms with Gasteiger partial charge in [-0.1, -0.05) is 13.8 Å². The molecule has 2 heterocycles. The number of aromatic nitrogens is 1. The Balaban J connectivity index is 1.71. The summed E-state index contributed by atoms with van der Waals surface area (Å²) in [6.07, 6.45) is 1.94. The number of aliphatic hydroxyl groups is 1. The molecule has 124 valence electrons. The van der Waals surface area contributed by atoms with E-state index >= 15 is 0 Å². The largest absolute Gasteiger partial charge is 0.396 e. The fourth-order valence-corrected chi connectivity index (χ4v) is 3.88. The average Bonchev–Trinajstić information content (AvgIpc) is 2.98. The van der Waals surface area contributed by atoms with Crippen LogP contribution in [0.5, 0.6) is 0 Å². The van der Waals surface area contributed by atoms with Crippen molar-refractivity contribution < 1.29 is 9.90 Å². The third kappa shape index (κ3) is 3.64. The molecule has 3 rings (SSSR count). The predicted molar refractivity (Wildman–Crippen MR) is 94.1 cm³/mol. The molecule has 0 bridgehead atoms. The van der Waals surface area contributed by atoms with Crippen LogP contribution >= 0.6 is 11.3 Å². The number of piperidine rings is 1. The van der Waals surface area contributed by atoms with E-state index in [2.05, 4.69) is 24.1 Å². The Kier molecular flexibility index (Phi) is 4.82. The second kappa shape index (κ2) is 6.84. The van der Waals surface area contributed by atoms with Crippen molar-refractivity contribution in [1.29, 1.82) is 0 Å². The third-order valence-electron chi connectivity index (χ3n) is 4.21. The van der Waals surface area contributed by atoms with Gasteiger partial charge in [-0.25, -0.2) is 9.78 Å². The molecule has 0 spiro atoms. The van der Waals surface area contributed by atoms with Crippen LogP contribution in [-0.4, -0.2) is 40.7 Å². The summed E-state index contributed by atoms with van der Waals surface area (Å²) < 4.78 is 1.10. The number of hydrogen-bond acceptors (Lipinski definition) is 4. The average molecular weight is 333 g/mol. The summed E-state index contributed by atoms with van der Waals surface area (Å²) in [4.78, 5) is 18.8. The minimum absolute atomic E-state index is 0.0869. The number of fused-ring (bicyclic) bond motifs is 1. The number of urea groups is 1. The van der Waals surface area contributed by atoms with E-state index < -0.39 is 0 Å². The molecule has 1 aromatic carbocycles. The lowest BCUT2D eigenvalue weighted by atomic mass is 9.99. The van der Waals surface area contributed by atoms with Crippen molar-refractivity contribution in [2.75, 3.05) is 25.0 Å². The summed E-state index contributed by atoms with van der Waals surface area (Å²) in [5.74, 6) is 0.612. The first kappa shape index (κ1) is 16.2. The molecule has 1 atom stereocenters. The van der Waals surface area contributed by atoms with Crippen LogP contribution in [0.25, 0.3) is 10.2 Å². The number of amides is 2. The summed E-state index contributed by atoms with van der Waals surface area (Å²) in [7, 11) is 0. The Morgan fingerprint density at radius 3 is 3.09 bits per heavy atom. The van der Waals surface area contributed by atoms with Crippen LogP contribution < -0.4 is 5.32 Å². The molecular formula is C17H23N3O2S. The van der Waals surface area contributed by atoms with Gasteiger partial charge in [0.15, 0.2) is 0 Å². The minimum Gasteiger partial charge on any atom is -0.396 e. The zero-order valence-electron chi connectivity index (χ0n) is 13.6. The number of aliphatic hydroxyl groups excluding tert-OH is 1. The number of likely N-dealkylation sites (tertiary alicyclic amines) is 1. The predicted octanol–water partition coefficient (Wildman–Crippen LogP) is 3.66. The third-order valence-corrected chi connectivity index (χ3v) is 5.53. The van der Waals surface area contributed by atoms with E-state index in [9.17, 15) is 9.90 Å². The molecule has 23 heavy (non-hydrogen) atoms. The Labute approximate surface area is 140 Å². The Bertz CT molecular complexity index is 698. The smallest absolute Gasteiger partial charge is 0.321 e. The monoisotopic (exact) mass is 333 g/mol. The Morgan fingerprint density at radius 1 is 1.52 bits per heavy atom. The number of carbonyl (C=O) groups is 1. The van der Waals surface area contributed by atoms with Gasteiger partial charge in [0.2, 0.25) is 0 Å².